The van der Waals surface area contributed by atoms with Crippen molar-refractivity contribution >= 4 is 17.5 Å². The first-order valence-electron chi connectivity index (χ1n) is 9.52. The van der Waals surface area contributed by atoms with E-state index in [0.29, 0.717) is 30.0 Å². The molecule has 142 valence electrons. The molecule has 1 heterocycles. The maximum atomic E-state index is 12.4. The zero-order valence-electron chi connectivity index (χ0n) is 16.4. The van der Waals surface area contributed by atoms with Crippen molar-refractivity contribution in [1.29, 1.82) is 0 Å². The number of nitrogens with zero attached hydrogens (tertiary/aromatic N) is 1. The van der Waals surface area contributed by atoms with Gasteiger partial charge in [0.2, 0.25) is 11.8 Å². The number of hydrogen-bond donors (Lipinski definition) is 2. The fourth-order valence-corrected chi connectivity index (χ4v) is 5.11. The first-order chi connectivity index (χ1) is 12.1. The molecule has 2 fully saturated rings. The average Bonchev–Trinajstić information content (AvgIpc) is 2.74. The molecule has 2 amide bonds. The quantitative estimate of drug-likeness (QED) is 0.851. The van der Waals surface area contributed by atoms with E-state index in [-0.39, 0.29) is 11.8 Å². The van der Waals surface area contributed by atoms with Crippen LogP contribution in [0.2, 0.25) is 0 Å². The lowest BCUT2D eigenvalue weighted by Crippen LogP contribution is -2.40. The third-order valence-electron chi connectivity index (χ3n) is 5.63. The van der Waals surface area contributed by atoms with Gasteiger partial charge in [0.05, 0.1) is 6.54 Å². The lowest BCUT2D eigenvalue weighted by molar-refractivity contribution is -0.122. The Morgan fingerprint density at radius 3 is 2.50 bits per heavy atom. The predicted molar refractivity (Wildman–Crippen MR) is 104 cm³/mol. The Morgan fingerprint density at radius 1 is 1.15 bits per heavy atom. The molecule has 2 bridgehead atoms. The van der Waals surface area contributed by atoms with Gasteiger partial charge in [-0.1, -0.05) is 32.9 Å². The van der Waals surface area contributed by atoms with E-state index in [0.717, 1.165) is 17.8 Å². The summed E-state index contributed by atoms with van der Waals surface area (Å²) in [7, 11) is 0. The highest BCUT2D eigenvalue weighted by molar-refractivity contribution is 5.88. The van der Waals surface area contributed by atoms with Crippen LogP contribution in [0.15, 0.2) is 24.3 Å². The summed E-state index contributed by atoms with van der Waals surface area (Å²) in [5, 5.41) is 5.77. The zero-order valence-corrected chi connectivity index (χ0v) is 16.4. The lowest BCUT2D eigenvalue weighted by Gasteiger charge is -2.39. The van der Waals surface area contributed by atoms with Crippen molar-refractivity contribution in [2.24, 2.45) is 10.8 Å². The summed E-state index contributed by atoms with van der Waals surface area (Å²) in [5.41, 5.74) is 2.53. The molecule has 26 heavy (non-hydrogen) atoms. The Balaban J connectivity index is 1.50. The normalized spacial score (nSPS) is 27.2. The van der Waals surface area contributed by atoms with Crippen molar-refractivity contribution < 1.29 is 9.59 Å². The second kappa shape index (κ2) is 7.03. The molecule has 3 rings (SSSR count). The monoisotopic (exact) mass is 357 g/mol. The molecule has 1 aromatic rings. The minimum absolute atomic E-state index is 0.0845. The second-order valence-electron chi connectivity index (χ2n) is 9.27. The number of nitrogens with one attached hydrogen (secondary N) is 2. The third-order valence-corrected chi connectivity index (χ3v) is 5.63. The standard InChI is InChI=1S/C21H31N3O2/c1-15(25)23-17-7-5-16(6-8-17)11-22-19(26)12-24-14-21(4)10-18(24)9-20(2,3)13-21/h5-8,18H,9-14H2,1-4H3,(H,22,26)(H,23,25)/t18-,21-/m1/s1. The molecule has 2 N–H and O–H groups in total. The summed E-state index contributed by atoms with van der Waals surface area (Å²) >= 11 is 0. The number of rotatable bonds is 5. The molecule has 0 spiro atoms. The van der Waals surface area contributed by atoms with Gasteiger partial charge in [0.15, 0.2) is 0 Å². The molecule has 1 aliphatic heterocycles. The molecular formula is C21H31N3O2. The SMILES string of the molecule is CC(=O)Nc1ccc(CNC(=O)CN2C[C@]3(C)C[C@H]2CC(C)(C)C3)cc1. The van der Waals surface area contributed by atoms with Gasteiger partial charge in [-0.05, 0) is 47.8 Å². The number of amides is 2. The third kappa shape index (κ3) is 4.64. The van der Waals surface area contributed by atoms with Crippen molar-refractivity contribution in [2.75, 3.05) is 18.4 Å². The fourth-order valence-electron chi connectivity index (χ4n) is 5.11. The van der Waals surface area contributed by atoms with Gasteiger partial charge >= 0.3 is 0 Å². The molecule has 0 aromatic heterocycles. The largest absolute Gasteiger partial charge is 0.351 e. The van der Waals surface area contributed by atoms with E-state index in [2.05, 4.69) is 36.3 Å². The van der Waals surface area contributed by atoms with Crippen LogP contribution in [-0.4, -0.2) is 35.8 Å². The zero-order chi connectivity index (χ0) is 18.9. The molecule has 1 aromatic carbocycles. The number of carbonyl (C=O) groups excluding carboxylic acids is 2. The van der Waals surface area contributed by atoms with Gasteiger partial charge in [-0.15, -0.1) is 0 Å². The number of hydrogen-bond acceptors (Lipinski definition) is 3. The van der Waals surface area contributed by atoms with E-state index in [1.165, 1.54) is 26.2 Å². The molecule has 1 aliphatic carbocycles. The van der Waals surface area contributed by atoms with E-state index >= 15 is 0 Å². The first-order valence-corrected chi connectivity index (χ1v) is 9.52. The van der Waals surface area contributed by atoms with Crippen LogP contribution in [0.1, 0.15) is 52.5 Å². The van der Waals surface area contributed by atoms with Gasteiger partial charge in [0.1, 0.15) is 0 Å². The molecule has 0 unspecified atom stereocenters. The van der Waals surface area contributed by atoms with E-state index in [4.69, 9.17) is 0 Å². The highest BCUT2D eigenvalue weighted by Crippen LogP contribution is 2.52. The van der Waals surface area contributed by atoms with Crippen molar-refractivity contribution in [2.45, 2.75) is 59.5 Å². The predicted octanol–water partition coefficient (Wildman–Crippen LogP) is 3.16. The van der Waals surface area contributed by atoms with Crippen molar-refractivity contribution in [1.82, 2.24) is 10.2 Å². The van der Waals surface area contributed by atoms with Crippen LogP contribution in [0, 0.1) is 10.8 Å². The Labute approximate surface area is 156 Å². The summed E-state index contributed by atoms with van der Waals surface area (Å²) in [5.74, 6) is 0.00338. The minimum atomic E-state index is -0.0845. The van der Waals surface area contributed by atoms with Crippen molar-refractivity contribution in [3.63, 3.8) is 0 Å². The number of likely N-dealkylation sites (tertiary alicyclic amines) is 1. The molecule has 2 aliphatic rings. The average molecular weight is 357 g/mol. The van der Waals surface area contributed by atoms with Crippen LogP contribution >= 0.6 is 0 Å². The summed E-state index contributed by atoms with van der Waals surface area (Å²) in [4.78, 5) is 25.9. The van der Waals surface area contributed by atoms with Gasteiger partial charge in [-0.3, -0.25) is 14.5 Å². The van der Waals surface area contributed by atoms with Gasteiger partial charge in [-0.25, -0.2) is 0 Å². The Morgan fingerprint density at radius 2 is 1.85 bits per heavy atom. The van der Waals surface area contributed by atoms with Gasteiger partial charge in [-0.2, -0.15) is 0 Å². The Hall–Kier alpha value is -1.88. The number of fused-ring (bicyclic) bond motifs is 2. The van der Waals surface area contributed by atoms with Gasteiger partial charge in [0.25, 0.3) is 0 Å². The first kappa shape index (κ1) is 18.9. The number of benzene rings is 1. The van der Waals surface area contributed by atoms with Crippen molar-refractivity contribution in [3.8, 4) is 0 Å². The maximum absolute atomic E-state index is 12.4. The smallest absolute Gasteiger partial charge is 0.234 e. The lowest BCUT2D eigenvalue weighted by atomic mass is 9.65. The number of anilines is 1. The van der Waals surface area contributed by atoms with Crippen LogP contribution in [0.3, 0.4) is 0 Å². The van der Waals surface area contributed by atoms with Crippen molar-refractivity contribution in [3.05, 3.63) is 29.8 Å². The Kier molecular flexibility index (Phi) is 5.11. The van der Waals surface area contributed by atoms with Crippen LogP contribution in [-0.2, 0) is 16.1 Å². The molecule has 5 nitrogen and oxygen atoms in total. The van der Waals surface area contributed by atoms with Gasteiger partial charge < -0.3 is 10.6 Å². The number of carbonyl (C=O) groups is 2. The molecule has 2 atom stereocenters. The molecule has 0 radical (unpaired) electrons. The van der Waals surface area contributed by atoms with Crippen LogP contribution in [0.25, 0.3) is 0 Å². The summed E-state index contributed by atoms with van der Waals surface area (Å²) < 4.78 is 0. The van der Waals surface area contributed by atoms with E-state index in [9.17, 15) is 9.59 Å². The van der Waals surface area contributed by atoms with Gasteiger partial charge in [0, 0.05) is 31.7 Å². The van der Waals surface area contributed by atoms with Crippen LogP contribution < -0.4 is 10.6 Å². The molecule has 1 saturated carbocycles. The van der Waals surface area contributed by atoms with E-state index < -0.39 is 0 Å². The topological polar surface area (TPSA) is 61.4 Å². The summed E-state index contributed by atoms with van der Waals surface area (Å²) in [6.07, 6.45) is 3.64. The molecule has 5 heteroatoms. The van der Waals surface area contributed by atoms with E-state index in [1.54, 1.807) is 0 Å². The molecule has 1 saturated heterocycles. The molecular weight excluding hydrogens is 326 g/mol. The van der Waals surface area contributed by atoms with Crippen LogP contribution in [0.4, 0.5) is 5.69 Å². The van der Waals surface area contributed by atoms with E-state index in [1.807, 2.05) is 24.3 Å². The Bertz CT molecular complexity index is 683. The highest BCUT2D eigenvalue weighted by Gasteiger charge is 2.49. The maximum Gasteiger partial charge on any atom is 0.234 e. The highest BCUT2D eigenvalue weighted by atomic mass is 16.2. The van der Waals surface area contributed by atoms with Crippen LogP contribution in [0.5, 0.6) is 0 Å². The fraction of sp³-hybridized carbons (Fsp3) is 0.619. The summed E-state index contributed by atoms with van der Waals surface area (Å²) in [6, 6.07) is 8.10. The summed E-state index contributed by atoms with van der Waals surface area (Å²) in [6.45, 7) is 10.6. The second-order valence-corrected chi connectivity index (χ2v) is 9.27. The minimum Gasteiger partial charge on any atom is -0.351 e.